The number of aryl methyl sites for hydroxylation is 2. The maximum Gasteiger partial charge on any atom is 0.251 e. The van der Waals surface area contributed by atoms with Gasteiger partial charge in [-0.05, 0) is 56.0 Å². The van der Waals surface area contributed by atoms with E-state index in [1.165, 1.54) is 5.56 Å². The summed E-state index contributed by atoms with van der Waals surface area (Å²) in [6.07, 6.45) is 4.36. The topological polar surface area (TPSA) is 78.6 Å². The highest BCUT2D eigenvalue weighted by atomic mass is 16.3. The van der Waals surface area contributed by atoms with Gasteiger partial charge < -0.3 is 14.8 Å². The predicted octanol–water partition coefficient (Wildman–Crippen LogP) is 3.19. The number of aromatic nitrogens is 1. The summed E-state index contributed by atoms with van der Waals surface area (Å²) in [4.78, 5) is 19.3. The van der Waals surface area contributed by atoms with Crippen LogP contribution in [0.1, 0.15) is 41.1 Å². The number of piperidine rings is 1. The molecule has 4 rings (SSSR count). The summed E-state index contributed by atoms with van der Waals surface area (Å²) in [7, 11) is 0. The molecule has 0 bridgehead atoms. The number of carbonyl (C=O) groups excluding carboxylic acids is 1. The fraction of sp³-hybridized carbons (Fsp3) is 0.417. The first kappa shape index (κ1) is 20.6. The number of β-amino-alcohol motifs (C(OH)–C–C–N with tert-alkyl or cyclic N) is 1. The second-order valence-corrected chi connectivity index (χ2v) is 7.98. The summed E-state index contributed by atoms with van der Waals surface area (Å²) in [5.41, 5.74) is 3.33. The van der Waals surface area contributed by atoms with Crippen LogP contribution >= 0.6 is 0 Å². The summed E-state index contributed by atoms with van der Waals surface area (Å²) in [5.74, 6) is 0.602. The molecule has 1 amide bonds. The van der Waals surface area contributed by atoms with E-state index in [4.69, 9.17) is 4.42 Å². The molecule has 1 atom stereocenters. The molecule has 0 aliphatic carbocycles. The van der Waals surface area contributed by atoms with Crippen molar-refractivity contribution in [1.82, 2.24) is 15.2 Å². The maximum atomic E-state index is 12.5. The van der Waals surface area contributed by atoms with Crippen LogP contribution < -0.4 is 5.32 Å². The Morgan fingerprint density at radius 3 is 2.90 bits per heavy atom. The third-order valence-corrected chi connectivity index (χ3v) is 5.59. The smallest absolute Gasteiger partial charge is 0.251 e. The number of hydrogen-bond acceptors (Lipinski definition) is 5. The van der Waals surface area contributed by atoms with Crippen molar-refractivity contribution in [3.63, 3.8) is 0 Å². The summed E-state index contributed by atoms with van der Waals surface area (Å²) < 4.78 is 5.84. The molecule has 1 aliphatic heterocycles. The predicted molar refractivity (Wildman–Crippen MR) is 116 cm³/mol. The Balaban J connectivity index is 1.28. The van der Waals surface area contributed by atoms with Gasteiger partial charge in [-0.1, -0.05) is 30.3 Å². The molecule has 0 saturated carbocycles. The SMILES string of the molecule is O=C(NCCN1CCCC(O)C1)c1ccc2oc(CCCc3ccccc3)nc2c1. The van der Waals surface area contributed by atoms with Gasteiger partial charge in [0.25, 0.3) is 5.91 Å². The third kappa shape index (κ3) is 5.46. The molecule has 0 radical (unpaired) electrons. The van der Waals surface area contributed by atoms with Gasteiger partial charge in [-0.3, -0.25) is 9.69 Å². The van der Waals surface area contributed by atoms with Crippen molar-refractivity contribution in [3.05, 3.63) is 65.5 Å². The minimum Gasteiger partial charge on any atom is -0.441 e. The Morgan fingerprint density at radius 1 is 1.20 bits per heavy atom. The molecular weight excluding hydrogens is 378 g/mol. The van der Waals surface area contributed by atoms with E-state index in [0.717, 1.165) is 50.7 Å². The van der Waals surface area contributed by atoms with Gasteiger partial charge in [-0.2, -0.15) is 0 Å². The first-order valence-corrected chi connectivity index (χ1v) is 10.8. The Hall–Kier alpha value is -2.70. The van der Waals surface area contributed by atoms with Crippen LogP contribution in [0.5, 0.6) is 0 Å². The number of aliphatic hydroxyl groups is 1. The molecule has 1 aromatic heterocycles. The molecule has 1 saturated heterocycles. The number of oxazole rings is 1. The number of nitrogens with zero attached hydrogens (tertiary/aromatic N) is 2. The summed E-state index contributed by atoms with van der Waals surface area (Å²) >= 11 is 0. The van der Waals surface area contributed by atoms with Crippen LogP contribution in [0.25, 0.3) is 11.1 Å². The Bertz CT molecular complexity index is 970. The molecule has 158 valence electrons. The Kier molecular flexibility index (Phi) is 6.77. The van der Waals surface area contributed by atoms with Gasteiger partial charge in [0.2, 0.25) is 0 Å². The van der Waals surface area contributed by atoms with Gasteiger partial charge in [-0.15, -0.1) is 0 Å². The number of carbonyl (C=O) groups is 1. The highest BCUT2D eigenvalue weighted by Gasteiger charge is 2.17. The monoisotopic (exact) mass is 407 g/mol. The quantitative estimate of drug-likeness (QED) is 0.600. The van der Waals surface area contributed by atoms with Crippen LogP contribution in [0.3, 0.4) is 0 Å². The first-order valence-electron chi connectivity index (χ1n) is 10.8. The highest BCUT2D eigenvalue weighted by Crippen LogP contribution is 2.19. The van der Waals surface area contributed by atoms with Crippen molar-refractivity contribution in [2.45, 2.75) is 38.2 Å². The third-order valence-electron chi connectivity index (χ3n) is 5.59. The second-order valence-electron chi connectivity index (χ2n) is 7.98. The van der Waals surface area contributed by atoms with Crippen LogP contribution in [0.4, 0.5) is 0 Å². The van der Waals surface area contributed by atoms with E-state index in [-0.39, 0.29) is 12.0 Å². The van der Waals surface area contributed by atoms with Gasteiger partial charge in [0.05, 0.1) is 6.10 Å². The largest absolute Gasteiger partial charge is 0.441 e. The molecule has 1 unspecified atom stereocenters. The average molecular weight is 408 g/mol. The number of likely N-dealkylation sites (tertiary alicyclic amines) is 1. The number of nitrogens with one attached hydrogen (secondary N) is 1. The lowest BCUT2D eigenvalue weighted by Crippen LogP contribution is -2.42. The van der Waals surface area contributed by atoms with Crippen LogP contribution in [0, 0.1) is 0 Å². The molecule has 0 spiro atoms. The minimum atomic E-state index is -0.245. The first-order chi connectivity index (χ1) is 14.7. The summed E-state index contributed by atoms with van der Waals surface area (Å²) in [6, 6.07) is 15.8. The number of rotatable bonds is 8. The van der Waals surface area contributed by atoms with E-state index in [0.29, 0.717) is 30.1 Å². The van der Waals surface area contributed by atoms with Crippen LogP contribution in [0.2, 0.25) is 0 Å². The fourth-order valence-corrected chi connectivity index (χ4v) is 3.98. The van der Waals surface area contributed by atoms with Crippen molar-refractivity contribution in [2.24, 2.45) is 0 Å². The molecule has 1 aliphatic rings. The molecule has 2 aromatic carbocycles. The van der Waals surface area contributed by atoms with Crippen LogP contribution in [0.15, 0.2) is 52.9 Å². The number of hydrogen-bond donors (Lipinski definition) is 2. The van der Waals surface area contributed by atoms with Crippen molar-refractivity contribution in [2.75, 3.05) is 26.2 Å². The molecule has 2 N–H and O–H groups in total. The Labute approximate surface area is 176 Å². The molecule has 1 fully saturated rings. The van der Waals surface area contributed by atoms with Gasteiger partial charge >= 0.3 is 0 Å². The van der Waals surface area contributed by atoms with Crippen molar-refractivity contribution >= 4 is 17.0 Å². The van der Waals surface area contributed by atoms with E-state index >= 15 is 0 Å². The zero-order valence-electron chi connectivity index (χ0n) is 17.2. The number of aliphatic hydroxyl groups excluding tert-OH is 1. The van der Waals surface area contributed by atoms with E-state index in [1.54, 1.807) is 12.1 Å². The normalized spacial score (nSPS) is 17.3. The lowest BCUT2D eigenvalue weighted by Gasteiger charge is -2.29. The van der Waals surface area contributed by atoms with Crippen LogP contribution in [-0.2, 0) is 12.8 Å². The fourth-order valence-electron chi connectivity index (χ4n) is 3.98. The lowest BCUT2D eigenvalue weighted by atomic mass is 10.1. The van der Waals surface area contributed by atoms with Gasteiger partial charge in [-0.25, -0.2) is 4.98 Å². The molecule has 6 nitrogen and oxygen atoms in total. The van der Waals surface area contributed by atoms with Gasteiger partial charge in [0.1, 0.15) is 5.52 Å². The van der Waals surface area contributed by atoms with Crippen molar-refractivity contribution in [3.8, 4) is 0 Å². The average Bonchev–Trinajstić information content (AvgIpc) is 3.16. The lowest BCUT2D eigenvalue weighted by molar-refractivity contribution is 0.0703. The number of fused-ring (bicyclic) bond motifs is 1. The van der Waals surface area contributed by atoms with E-state index in [9.17, 15) is 9.90 Å². The molecule has 3 aromatic rings. The zero-order chi connectivity index (χ0) is 20.8. The number of amides is 1. The zero-order valence-corrected chi connectivity index (χ0v) is 17.2. The van der Waals surface area contributed by atoms with E-state index in [1.807, 2.05) is 12.1 Å². The summed E-state index contributed by atoms with van der Waals surface area (Å²) in [5, 5.41) is 12.7. The van der Waals surface area contributed by atoms with E-state index < -0.39 is 0 Å². The van der Waals surface area contributed by atoms with Crippen molar-refractivity contribution < 1.29 is 14.3 Å². The highest BCUT2D eigenvalue weighted by molar-refractivity contribution is 5.97. The molecular formula is C24H29N3O3. The summed E-state index contributed by atoms with van der Waals surface area (Å²) in [6.45, 7) is 2.98. The van der Waals surface area contributed by atoms with E-state index in [2.05, 4.69) is 39.5 Å². The molecule has 2 heterocycles. The van der Waals surface area contributed by atoms with Crippen LogP contribution in [-0.4, -0.2) is 53.2 Å². The van der Waals surface area contributed by atoms with Crippen molar-refractivity contribution in [1.29, 1.82) is 0 Å². The molecule has 30 heavy (non-hydrogen) atoms. The number of benzene rings is 2. The van der Waals surface area contributed by atoms with Gasteiger partial charge in [0, 0.05) is 31.6 Å². The van der Waals surface area contributed by atoms with Gasteiger partial charge in [0.15, 0.2) is 11.5 Å². The standard InChI is InChI=1S/C24H29N3O3/c28-20-9-5-14-27(17-20)15-13-25-24(29)19-11-12-22-21(16-19)26-23(30-22)10-4-8-18-6-2-1-3-7-18/h1-3,6-7,11-12,16,20,28H,4-5,8-10,13-15,17H2,(H,25,29). The molecule has 6 heteroatoms. The minimum absolute atomic E-state index is 0.108. The second kappa shape index (κ2) is 9.87. The maximum absolute atomic E-state index is 12.5. The Morgan fingerprint density at radius 2 is 2.07 bits per heavy atom.